The topological polar surface area (TPSA) is 54.5 Å². The predicted octanol–water partition coefficient (Wildman–Crippen LogP) is 4.13. The Kier molecular flexibility index (Phi) is 5.51. The number of rotatable bonds is 5. The Morgan fingerprint density at radius 3 is 2.28 bits per heavy atom. The highest BCUT2D eigenvalue weighted by molar-refractivity contribution is 9.10. The van der Waals surface area contributed by atoms with Crippen LogP contribution in [0, 0.1) is 0 Å². The fourth-order valence-electron chi connectivity index (χ4n) is 2.74. The predicted molar refractivity (Wildman–Crippen MR) is 102 cm³/mol. The molecule has 1 aliphatic heterocycles. The fourth-order valence-corrected chi connectivity index (χ4v) is 4.67. The zero-order valence-electron chi connectivity index (χ0n) is 13.6. The molecule has 1 heterocycles. The number of sulfonamides is 1. The third-order valence-electron chi connectivity index (χ3n) is 4.16. The molecule has 0 unspecified atom stereocenters. The molecule has 0 aliphatic carbocycles. The number of hydrogen-bond acceptors (Lipinski definition) is 3. The maximum atomic E-state index is 12.5. The summed E-state index contributed by atoms with van der Waals surface area (Å²) in [4.78, 5) is 12.5. The van der Waals surface area contributed by atoms with Gasteiger partial charge in [-0.1, -0.05) is 34.1 Å². The summed E-state index contributed by atoms with van der Waals surface area (Å²) in [6.45, 7) is 1.13. The van der Waals surface area contributed by atoms with Crippen molar-refractivity contribution in [3.63, 3.8) is 0 Å². The van der Waals surface area contributed by atoms with Crippen molar-refractivity contribution in [3.05, 3.63) is 70.2 Å². The first kappa shape index (κ1) is 18.0. The molecule has 0 aromatic heterocycles. The minimum absolute atomic E-state index is 0.166. The third kappa shape index (κ3) is 4.08. The molecule has 1 aliphatic rings. The van der Waals surface area contributed by atoms with Crippen LogP contribution in [0.15, 0.2) is 64.0 Å². The highest BCUT2D eigenvalue weighted by atomic mass is 79.9. The lowest BCUT2D eigenvalue weighted by atomic mass is 10.1. The van der Waals surface area contributed by atoms with Crippen LogP contribution in [0.3, 0.4) is 0 Å². The van der Waals surface area contributed by atoms with Crippen LogP contribution in [-0.4, -0.2) is 31.6 Å². The highest BCUT2D eigenvalue weighted by Gasteiger charge is 2.26. The second-order valence-corrected chi connectivity index (χ2v) is 8.65. The Morgan fingerprint density at radius 2 is 1.64 bits per heavy atom. The van der Waals surface area contributed by atoms with E-state index >= 15 is 0 Å². The lowest BCUT2D eigenvalue weighted by molar-refractivity contribution is 0.104. The van der Waals surface area contributed by atoms with Gasteiger partial charge in [0, 0.05) is 23.1 Å². The van der Waals surface area contributed by atoms with E-state index in [9.17, 15) is 13.2 Å². The Balaban J connectivity index is 1.76. The van der Waals surface area contributed by atoms with Gasteiger partial charge < -0.3 is 0 Å². The molecule has 0 amide bonds. The zero-order chi connectivity index (χ0) is 17.9. The lowest BCUT2D eigenvalue weighted by Crippen LogP contribution is -2.27. The van der Waals surface area contributed by atoms with Crippen LogP contribution in [0.5, 0.6) is 0 Å². The maximum Gasteiger partial charge on any atom is 0.243 e. The molecule has 1 fully saturated rings. The molecule has 130 valence electrons. The van der Waals surface area contributed by atoms with Crippen LogP contribution in [-0.2, 0) is 10.0 Å². The summed E-state index contributed by atoms with van der Waals surface area (Å²) in [5.74, 6) is -0.166. The number of benzene rings is 2. The van der Waals surface area contributed by atoms with Gasteiger partial charge in [-0.05, 0) is 60.9 Å². The van der Waals surface area contributed by atoms with Gasteiger partial charge in [-0.15, -0.1) is 0 Å². The number of allylic oxidation sites excluding steroid dienone is 1. The second-order valence-electron chi connectivity index (χ2n) is 5.85. The number of carbonyl (C=O) groups excluding carboxylic acids is 1. The molecule has 4 nitrogen and oxygen atoms in total. The molecular weight excluding hydrogens is 402 g/mol. The molecule has 2 aromatic rings. The third-order valence-corrected chi connectivity index (χ3v) is 6.80. The molecule has 0 bridgehead atoms. The van der Waals surface area contributed by atoms with Gasteiger partial charge in [-0.3, -0.25) is 4.79 Å². The van der Waals surface area contributed by atoms with Gasteiger partial charge in [-0.2, -0.15) is 4.31 Å². The van der Waals surface area contributed by atoms with E-state index in [1.807, 2.05) is 24.3 Å². The smallest absolute Gasteiger partial charge is 0.243 e. The Bertz CT molecular complexity index is 899. The summed E-state index contributed by atoms with van der Waals surface area (Å²) in [7, 11) is -3.44. The van der Waals surface area contributed by atoms with Crippen molar-refractivity contribution in [2.24, 2.45) is 0 Å². The molecule has 2 aromatic carbocycles. The number of carbonyl (C=O) groups is 1. The van der Waals surface area contributed by atoms with Gasteiger partial charge in [0.05, 0.1) is 4.90 Å². The van der Waals surface area contributed by atoms with Crippen molar-refractivity contribution < 1.29 is 13.2 Å². The first-order chi connectivity index (χ1) is 12.0. The Morgan fingerprint density at radius 1 is 1.00 bits per heavy atom. The minimum Gasteiger partial charge on any atom is -0.289 e. The van der Waals surface area contributed by atoms with Gasteiger partial charge in [-0.25, -0.2) is 8.42 Å². The molecule has 3 rings (SSSR count). The summed E-state index contributed by atoms with van der Waals surface area (Å²) in [6, 6.07) is 13.8. The van der Waals surface area contributed by atoms with E-state index in [1.165, 1.54) is 22.5 Å². The normalized spacial score (nSPS) is 15.7. The van der Waals surface area contributed by atoms with Crippen LogP contribution in [0.1, 0.15) is 28.8 Å². The van der Waals surface area contributed by atoms with E-state index in [1.54, 1.807) is 18.2 Å². The average Bonchev–Trinajstić information content (AvgIpc) is 3.16. The van der Waals surface area contributed by atoms with Crippen molar-refractivity contribution in [2.45, 2.75) is 17.7 Å². The van der Waals surface area contributed by atoms with Crippen LogP contribution in [0.4, 0.5) is 0 Å². The zero-order valence-corrected chi connectivity index (χ0v) is 16.0. The maximum absolute atomic E-state index is 12.5. The summed E-state index contributed by atoms with van der Waals surface area (Å²) < 4.78 is 27.4. The SMILES string of the molecule is O=C(C=Cc1ccccc1Br)c1ccc(S(=O)(=O)N2CCCC2)cc1. The van der Waals surface area contributed by atoms with Crippen molar-refractivity contribution in [1.82, 2.24) is 4.31 Å². The molecule has 0 N–H and O–H groups in total. The number of hydrogen-bond donors (Lipinski definition) is 0. The van der Waals surface area contributed by atoms with Crippen LogP contribution in [0.25, 0.3) is 6.08 Å². The van der Waals surface area contributed by atoms with Gasteiger partial charge in [0.2, 0.25) is 10.0 Å². The summed E-state index contributed by atoms with van der Waals surface area (Å²) in [5.41, 5.74) is 1.37. The standard InChI is InChI=1S/C19H18BrNO3S/c20-18-6-2-1-5-15(18)9-12-19(22)16-7-10-17(11-8-16)25(23,24)21-13-3-4-14-21/h1-2,5-12H,3-4,13-14H2. The van der Waals surface area contributed by atoms with E-state index < -0.39 is 10.0 Å². The van der Waals surface area contributed by atoms with Gasteiger partial charge >= 0.3 is 0 Å². The molecule has 0 spiro atoms. The van der Waals surface area contributed by atoms with E-state index in [2.05, 4.69) is 15.9 Å². The van der Waals surface area contributed by atoms with Gasteiger partial charge in [0.1, 0.15) is 0 Å². The van der Waals surface area contributed by atoms with Crippen LogP contribution < -0.4 is 0 Å². The monoisotopic (exact) mass is 419 g/mol. The quantitative estimate of drug-likeness (QED) is 0.540. The Labute approximate surface area is 156 Å². The highest BCUT2D eigenvalue weighted by Crippen LogP contribution is 2.22. The molecular formula is C19H18BrNO3S. The Hall–Kier alpha value is -1.76. The van der Waals surface area contributed by atoms with E-state index in [0.29, 0.717) is 18.7 Å². The summed E-state index contributed by atoms with van der Waals surface area (Å²) in [5, 5.41) is 0. The van der Waals surface area contributed by atoms with E-state index in [4.69, 9.17) is 0 Å². The first-order valence-corrected chi connectivity index (χ1v) is 10.3. The largest absolute Gasteiger partial charge is 0.289 e. The minimum atomic E-state index is -3.44. The van der Waals surface area contributed by atoms with E-state index in [0.717, 1.165) is 22.9 Å². The van der Waals surface area contributed by atoms with Crippen molar-refractivity contribution in [1.29, 1.82) is 0 Å². The van der Waals surface area contributed by atoms with Crippen molar-refractivity contribution in [2.75, 3.05) is 13.1 Å². The number of nitrogens with zero attached hydrogens (tertiary/aromatic N) is 1. The fraction of sp³-hybridized carbons (Fsp3) is 0.211. The second kappa shape index (κ2) is 7.64. The number of halogens is 1. The van der Waals surface area contributed by atoms with Crippen LogP contribution in [0.2, 0.25) is 0 Å². The van der Waals surface area contributed by atoms with Crippen molar-refractivity contribution >= 4 is 37.8 Å². The molecule has 1 saturated heterocycles. The molecule has 6 heteroatoms. The average molecular weight is 420 g/mol. The first-order valence-electron chi connectivity index (χ1n) is 8.05. The number of ketones is 1. The molecule has 0 radical (unpaired) electrons. The lowest BCUT2D eigenvalue weighted by Gasteiger charge is -2.15. The molecule has 25 heavy (non-hydrogen) atoms. The van der Waals surface area contributed by atoms with Gasteiger partial charge in [0.15, 0.2) is 5.78 Å². The summed E-state index contributed by atoms with van der Waals surface area (Å²) in [6.07, 6.45) is 5.02. The molecule has 0 atom stereocenters. The van der Waals surface area contributed by atoms with Crippen molar-refractivity contribution in [3.8, 4) is 0 Å². The van der Waals surface area contributed by atoms with Gasteiger partial charge in [0.25, 0.3) is 0 Å². The van der Waals surface area contributed by atoms with E-state index in [-0.39, 0.29) is 10.7 Å². The summed E-state index contributed by atoms with van der Waals surface area (Å²) >= 11 is 3.43. The van der Waals surface area contributed by atoms with Crippen LogP contribution >= 0.6 is 15.9 Å². The molecule has 0 saturated carbocycles.